The first-order valence-electron chi connectivity index (χ1n) is 5.77. The molecule has 0 saturated carbocycles. The second-order valence-corrected chi connectivity index (χ2v) is 3.78. The average Bonchev–Trinajstić information content (AvgIpc) is 2.35. The summed E-state index contributed by atoms with van der Waals surface area (Å²) in [6.07, 6.45) is 0.486. The Morgan fingerprint density at radius 3 is 2.78 bits per heavy atom. The molecular formula is C11H17N3O4. The van der Waals surface area contributed by atoms with Crippen molar-refractivity contribution in [3.05, 3.63) is 32.8 Å². The van der Waals surface area contributed by atoms with E-state index in [0.717, 1.165) is 16.8 Å². The quantitative estimate of drug-likeness (QED) is 0.665. The van der Waals surface area contributed by atoms with Gasteiger partial charge in [0.05, 0.1) is 0 Å². The molecule has 0 radical (unpaired) electrons. The van der Waals surface area contributed by atoms with Crippen LogP contribution in [0.1, 0.15) is 13.3 Å². The van der Waals surface area contributed by atoms with Gasteiger partial charge in [0, 0.05) is 31.8 Å². The lowest BCUT2D eigenvalue weighted by molar-refractivity contribution is -0.132. The molecule has 0 fully saturated rings. The molecule has 0 aliphatic carbocycles. The Balaban J connectivity index is 2.76. The van der Waals surface area contributed by atoms with Crippen LogP contribution in [0.5, 0.6) is 0 Å². The molecule has 0 bridgehead atoms. The molecule has 0 aliphatic heterocycles. The summed E-state index contributed by atoms with van der Waals surface area (Å²) in [6, 6.07) is 2.24. The molecule has 0 spiro atoms. The fourth-order valence-corrected chi connectivity index (χ4v) is 1.54. The van der Waals surface area contributed by atoms with Crippen LogP contribution in [0.4, 0.5) is 0 Å². The molecule has 0 aromatic carbocycles. The SMILES string of the molecule is CCN(CCCO)C(=O)Cn1[nH]c(=O)ccc1=O. The van der Waals surface area contributed by atoms with Crippen molar-refractivity contribution in [2.75, 3.05) is 19.7 Å². The third-order valence-electron chi connectivity index (χ3n) is 2.50. The minimum Gasteiger partial charge on any atom is -0.396 e. The highest BCUT2D eigenvalue weighted by atomic mass is 16.3. The maximum Gasteiger partial charge on any atom is 0.265 e. The second kappa shape index (κ2) is 6.75. The summed E-state index contributed by atoms with van der Waals surface area (Å²) in [5.41, 5.74) is -0.859. The number of carbonyl (C=O) groups excluding carboxylic acids is 1. The van der Waals surface area contributed by atoms with Gasteiger partial charge in [0.2, 0.25) is 5.91 Å². The number of nitrogens with zero attached hydrogens (tertiary/aromatic N) is 2. The van der Waals surface area contributed by atoms with E-state index >= 15 is 0 Å². The van der Waals surface area contributed by atoms with Gasteiger partial charge in [-0.2, -0.15) is 0 Å². The van der Waals surface area contributed by atoms with Gasteiger partial charge in [-0.25, -0.2) is 4.68 Å². The molecule has 1 heterocycles. The van der Waals surface area contributed by atoms with Crippen LogP contribution in [0.25, 0.3) is 0 Å². The van der Waals surface area contributed by atoms with Crippen LogP contribution < -0.4 is 11.1 Å². The highest BCUT2D eigenvalue weighted by Gasteiger charge is 2.12. The van der Waals surface area contributed by atoms with Gasteiger partial charge >= 0.3 is 0 Å². The van der Waals surface area contributed by atoms with Gasteiger partial charge in [-0.15, -0.1) is 0 Å². The van der Waals surface area contributed by atoms with E-state index in [2.05, 4.69) is 5.10 Å². The molecule has 0 atom stereocenters. The van der Waals surface area contributed by atoms with Crippen LogP contribution in [0.3, 0.4) is 0 Å². The summed E-state index contributed by atoms with van der Waals surface area (Å²) in [4.78, 5) is 35.9. The minimum absolute atomic E-state index is 0.00585. The minimum atomic E-state index is -0.430. The van der Waals surface area contributed by atoms with Crippen molar-refractivity contribution in [2.24, 2.45) is 0 Å². The molecule has 0 saturated heterocycles. The molecule has 7 nitrogen and oxygen atoms in total. The number of carbonyl (C=O) groups is 1. The van der Waals surface area contributed by atoms with Crippen LogP contribution >= 0.6 is 0 Å². The molecule has 0 aliphatic rings. The molecule has 18 heavy (non-hydrogen) atoms. The number of aliphatic hydroxyl groups excluding tert-OH is 1. The third kappa shape index (κ3) is 3.85. The predicted molar refractivity (Wildman–Crippen MR) is 65.3 cm³/mol. The van der Waals surface area contributed by atoms with Crippen LogP contribution in [-0.4, -0.2) is 45.4 Å². The smallest absolute Gasteiger partial charge is 0.265 e. The fourth-order valence-electron chi connectivity index (χ4n) is 1.54. The summed E-state index contributed by atoms with van der Waals surface area (Å²) in [6.45, 7) is 2.54. The van der Waals surface area contributed by atoms with E-state index in [9.17, 15) is 14.4 Å². The van der Waals surface area contributed by atoms with Gasteiger partial charge in [-0.1, -0.05) is 0 Å². The number of aliphatic hydroxyl groups is 1. The van der Waals surface area contributed by atoms with E-state index in [4.69, 9.17) is 5.11 Å². The van der Waals surface area contributed by atoms with Crippen molar-refractivity contribution in [1.29, 1.82) is 0 Å². The highest BCUT2D eigenvalue weighted by molar-refractivity contribution is 5.75. The van der Waals surface area contributed by atoms with E-state index in [0.29, 0.717) is 19.5 Å². The van der Waals surface area contributed by atoms with Crippen LogP contribution in [0.15, 0.2) is 21.7 Å². The number of aromatic nitrogens is 2. The molecule has 0 unspecified atom stereocenters. The van der Waals surface area contributed by atoms with E-state index in [1.54, 1.807) is 0 Å². The second-order valence-electron chi connectivity index (χ2n) is 3.78. The number of hydrogen-bond donors (Lipinski definition) is 2. The number of hydrogen-bond acceptors (Lipinski definition) is 4. The number of aromatic amines is 1. The monoisotopic (exact) mass is 255 g/mol. The normalized spacial score (nSPS) is 10.3. The van der Waals surface area contributed by atoms with Crippen molar-refractivity contribution >= 4 is 5.91 Å². The Morgan fingerprint density at radius 1 is 1.44 bits per heavy atom. The topological polar surface area (TPSA) is 95.4 Å². The first-order chi connectivity index (χ1) is 8.58. The molecule has 2 N–H and O–H groups in total. The zero-order valence-corrected chi connectivity index (χ0v) is 10.3. The first-order valence-corrected chi connectivity index (χ1v) is 5.77. The van der Waals surface area contributed by atoms with Gasteiger partial charge in [-0.05, 0) is 13.3 Å². The lowest BCUT2D eigenvalue weighted by atomic mass is 10.3. The zero-order chi connectivity index (χ0) is 13.5. The van der Waals surface area contributed by atoms with Crippen molar-refractivity contribution < 1.29 is 9.90 Å². The van der Waals surface area contributed by atoms with E-state index in [-0.39, 0.29) is 19.1 Å². The summed E-state index contributed by atoms with van der Waals surface area (Å²) in [7, 11) is 0. The zero-order valence-electron chi connectivity index (χ0n) is 10.3. The number of nitrogens with one attached hydrogen (secondary N) is 1. The average molecular weight is 255 g/mol. The Kier molecular flexibility index (Phi) is 5.31. The maximum absolute atomic E-state index is 11.9. The van der Waals surface area contributed by atoms with Gasteiger partial charge in [-0.3, -0.25) is 19.5 Å². The van der Waals surface area contributed by atoms with Crippen LogP contribution in [-0.2, 0) is 11.3 Å². The molecule has 7 heteroatoms. The number of rotatable bonds is 6. The van der Waals surface area contributed by atoms with E-state index < -0.39 is 11.1 Å². The van der Waals surface area contributed by atoms with E-state index in [1.165, 1.54) is 4.90 Å². The van der Waals surface area contributed by atoms with Crippen molar-refractivity contribution in [2.45, 2.75) is 19.9 Å². The molecule has 1 amide bonds. The Bertz CT molecular complexity index is 506. The molecule has 100 valence electrons. The van der Waals surface area contributed by atoms with Gasteiger partial charge < -0.3 is 10.0 Å². The van der Waals surface area contributed by atoms with Crippen molar-refractivity contribution in [3.63, 3.8) is 0 Å². The van der Waals surface area contributed by atoms with Crippen molar-refractivity contribution in [1.82, 2.24) is 14.7 Å². The van der Waals surface area contributed by atoms with Gasteiger partial charge in [0.15, 0.2) is 0 Å². The number of likely N-dealkylation sites (N-methyl/N-ethyl adjacent to an activating group) is 1. The largest absolute Gasteiger partial charge is 0.396 e. The maximum atomic E-state index is 11.9. The lowest BCUT2D eigenvalue weighted by Crippen LogP contribution is -2.39. The number of amides is 1. The Labute approximate surface area is 104 Å². The van der Waals surface area contributed by atoms with Gasteiger partial charge in [0.25, 0.3) is 11.1 Å². The summed E-state index contributed by atoms with van der Waals surface area (Å²) in [5.74, 6) is -0.269. The summed E-state index contributed by atoms with van der Waals surface area (Å²) in [5, 5.41) is 11.0. The van der Waals surface area contributed by atoms with Crippen molar-refractivity contribution in [3.8, 4) is 0 Å². The Hall–Kier alpha value is -1.89. The fraction of sp³-hybridized carbons (Fsp3) is 0.545. The number of H-pyrrole nitrogens is 1. The Morgan fingerprint density at radius 2 is 2.17 bits per heavy atom. The van der Waals surface area contributed by atoms with Crippen LogP contribution in [0.2, 0.25) is 0 Å². The predicted octanol–water partition coefficient (Wildman–Crippen LogP) is -1.23. The molecule has 1 rings (SSSR count). The first kappa shape index (κ1) is 14.2. The highest BCUT2D eigenvalue weighted by Crippen LogP contribution is 1.93. The lowest BCUT2D eigenvalue weighted by Gasteiger charge is -2.20. The summed E-state index contributed by atoms with van der Waals surface area (Å²) < 4.78 is 0.978. The molecule has 1 aromatic rings. The van der Waals surface area contributed by atoms with E-state index in [1.807, 2.05) is 6.92 Å². The third-order valence-corrected chi connectivity index (χ3v) is 2.50. The standard InChI is InChI=1S/C11H17N3O4/c1-2-13(6-3-7-15)11(18)8-14-10(17)5-4-9(16)12-14/h4-5,15H,2-3,6-8H2,1H3,(H,12,16). The summed E-state index contributed by atoms with van der Waals surface area (Å²) >= 11 is 0. The molecular weight excluding hydrogens is 238 g/mol. The van der Waals surface area contributed by atoms with Gasteiger partial charge in [0.1, 0.15) is 6.54 Å². The molecule has 1 aromatic heterocycles. The van der Waals surface area contributed by atoms with Crippen LogP contribution in [0, 0.1) is 0 Å².